The first-order valence-electron chi connectivity index (χ1n) is 11.4. The largest absolute Gasteiger partial charge is 0.483 e. The zero-order valence-electron chi connectivity index (χ0n) is 18.1. The fourth-order valence-electron chi connectivity index (χ4n) is 4.57. The third-order valence-corrected chi connectivity index (χ3v) is 6.23. The summed E-state index contributed by atoms with van der Waals surface area (Å²) in [6, 6.07) is 16.4. The molecular formula is C25H33N3O3. The van der Waals surface area contributed by atoms with Crippen molar-refractivity contribution >= 4 is 5.91 Å². The molecule has 0 radical (unpaired) electrons. The lowest BCUT2D eigenvalue weighted by atomic mass is 9.91. The summed E-state index contributed by atoms with van der Waals surface area (Å²) in [6.45, 7) is 4.52. The quantitative estimate of drug-likeness (QED) is 0.606. The number of rotatable bonds is 8. The minimum absolute atomic E-state index is 0.0407. The summed E-state index contributed by atoms with van der Waals surface area (Å²) in [7, 11) is 0. The SMILES string of the molecule is O=C(COc1ccccc1[C@H]1CCCNC1)NC[C@@H](O)CN1CCc2ccccc2C1. The standard InChI is InChI=1S/C25H33N3O3/c29-22(17-28-13-11-19-6-1-2-7-21(19)16-28)15-27-25(30)18-31-24-10-4-3-9-23(24)20-8-5-12-26-14-20/h1-4,6-7,9-10,20,22,26,29H,5,8,11-18H2,(H,27,30)/t20-,22+/m0/s1. The van der Waals surface area contributed by atoms with Crippen molar-refractivity contribution in [2.75, 3.05) is 39.3 Å². The molecule has 1 fully saturated rings. The number of benzene rings is 2. The molecule has 2 aliphatic heterocycles. The van der Waals surface area contributed by atoms with E-state index in [-0.39, 0.29) is 19.1 Å². The van der Waals surface area contributed by atoms with E-state index in [0.29, 0.717) is 12.5 Å². The van der Waals surface area contributed by atoms with E-state index in [1.165, 1.54) is 11.1 Å². The van der Waals surface area contributed by atoms with E-state index < -0.39 is 6.10 Å². The van der Waals surface area contributed by atoms with Crippen LogP contribution in [0.15, 0.2) is 48.5 Å². The van der Waals surface area contributed by atoms with Gasteiger partial charge in [0, 0.05) is 38.6 Å². The highest BCUT2D eigenvalue weighted by atomic mass is 16.5. The summed E-state index contributed by atoms with van der Waals surface area (Å²) in [5.74, 6) is 0.989. The van der Waals surface area contributed by atoms with E-state index in [0.717, 1.165) is 56.8 Å². The Morgan fingerprint density at radius 3 is 2.84 bits per heavy atom. The average Bonchev–Trinajstić information content (AvgIpc) is 2.82. The monoisotopic (exact) mass is 423 g/mol. The molecule has 1 saturated heterocycles. The van der Waals surface area contributed by atoms with Gasteiger partial charge in [-0.25, -0.2) is 0 Å². The smallest absolute Gasteiger partial charge is 0.258 e. The third kappa shape index (κ3) is 6.06. The maximum atomic E-state index is 12.3. The van der Waals surface area contributed by atoms with Crippen LogP contribution in [-0.4, -0.2) is 61.3 Å². The highest BCUT2D eigenvalue weighted by molar-refractivity contribution is 5.77. The number of ether oxygens (including phenoxy) is 1. The first-order chi connectivity index (χ1) is 15.2. The molecule has 3 N–H and O–H groups in total. The molecule has 0 aromatic heterocycles. The number of fused-ring (bicyclic) bond motifs is 1. The van der Waals surface area contributed by atoms with Crippen LogP contribution in [0.25, 0.3) is 0 Å². The molecule has 31 heavy (non-hydrogen) atoms. The van der Waals surface area contributed by atoms with Crippen molar-refractivity contribution in [2.45, 2.75) is 37.8 Å². The predicted octanol–water partition coefficient (Wildman–Crippen LogP) is 2.07. The number of nitrogens with one attached hydrogen (secondary N) is 2. The molecule has 2 atom stereocenters. The normalized spacial score (nSPS) is 20.0. The minimum atomic E-state index is -0.602. The van der Waals surface area contributed by atoms with E-state index in [1.807, 2.05) is 18.2 Å². The number of hydrogen-bond donors (Lipinski definition) is 3. The van der Waals surface area contributed by atoms with Crippen molar-refractivity contribution in [3.63, 3.8) is 0 Å². The Kier molecular flexibility index (Phi) is 7.57. The van der Waals surface area contributed by atoms with Crippen molar-refractivity contribution in [1.82, 2.24) is 15.5 Å². The van der Waals surface area contributed by atoms with Gasteiger partial charge in [-0.2, -0.15) is 0 Å². The van der Waals surface area contributed by atoms with E-state index in [1.54, 1.807) is 0 Å². The molecule has 6 heteroatoms. The van der Waals surface area contributed by atoms with E-state index >= 15 is 0 Å². The van der Waals surface area contributed by atoms with Gasteiger partial charge >= 0.3 is 0 Å². The van der Waals surface area contributed by atoms with Crippen molar-refractivity contribution in [1.29, 1.82) is 0 Å². The molecular weight excluding hydrogens is 390 g/mol. The predicted molar refractivity (Wildman–Crippen MR) is 121 cm³/mol. The van der Waals surface area contributed by atoms with Crippen LogP contribution >= 0.6 is 0 Å². The molecule has 0 bridgehead atoms. The third-order valence-electron chi connectivity index (χ3n) is 6.23. The first-order valence-corrected chi connectivity index (χ1v) is 11.4. The Morgan fingerprint density at radius 2 is 2.00 bits per heavy atom. The Balaban J connectivity index is 1.20. The Hall–Kier alpha value is -2.41. The van der Waals surface area contributed by atoms with Gasteiger partial charge in [0.05, 0.1) is 6.10 Å². The number of aliphatic hydroxyl groups is 1. The summed E-state index contributed by atoms with van der Waals surface area (Å²) in [6.07, 6.45) is 2.68. The zero-order valence-corrected chi connectivity index (χ0v) is 18.1. The van der Waals surface area contributed by atoms with Gasteiger partial charge in [-0.15, -0.1) is 0 Å². The molecule has 2 aliphatic rings. The van der Waals surface area contributed by atoms with Gasteiger partial charge in [0.1, 0.15) is 5.75 Å². The second kappa shape index (κ2) is 10.8. The lowest BCUT2D eigenvalue weighted by molar-refractivity contribution is -0.123. The molecule has 0 spiro atoms. The Morgan fingerprint density at radius 1 is 1.19 bits per heavy atom. The maximum Gasteiger partial charge on any atom is 0.258 e. The van der Waals surface area contributed by atoms with Crippen LogP contribution in [0.2, 0.25) is 0 Å². The average molecular weight is 424 g/mol. The number of aliphatic hydroxyl groups excluding tert-OH is 1. The second-order valence-electron chi connectivity index (χ2n) is 8.58. The van der Waals surface area contributed by atoms with Crippen molar-refractivity contribution < 1.29 is 14.6 Å². The number of amides is 1. The summed E-state index contributed by atoms with van der Waals surface area (Å²) >= 11 is 0. The van der Waals surface area contributed by atoms with Gasteiger partial charge in [0.2, 0.25) is 0 Å². The molecule has 0 aliphatic carbocycles. The van der Waals surface area contributed by atoms with E-state index in [2.05, 4.69) is 45.9 Å². The van der Waals surface area contributed by atoms with Crippen LogP contribution in [0.5, 0.6) is 5.75 Å². The Bertz CT molecular complexity index is 867. The van der Waals surface area contributed by atoms with Crippen LogP contribution in [0.3, 0.4) is 0 Å². The molecule has 2 heterocycles. The summed E-state index contributed by atoms with van der Waals surface area (Å²) in [5, 5.41) is 16.6. The first kappa shape index (κ1) is 21.8. The zero-order chi connectivity index (χ0) is 21.5. The van der Waals surface area contributed by atoms with E-state index in [4.69, 9.17) is 4.74 Å². The number of hydrogen-bond acceptors (Lipinski definition) is 5. The Labute approximate surface area is 184 Å². The van der Waals surface area contributed by atoms with Gasteiger partial charge < -0.3 is 20.5 Å². The molecule has 166 valence electrons. The number of β-amino-alcohol motifs (C(OH)–C–C–N with tert-alkyl or cyclic N) is 1. The lowest BCUT2D eigenvalue weighted by Gasteiger charge is -2.30. The topological polar surface area (TPSA) is 73.8 Å². The highest BCUT2D eigenvalue weighted by Crippen LogP contribution is 2.30. The number of piperidine rings is 1. The summed E-state index contributed by atoms with van der Waals surface area (Å²) in [4.78, 5) is 14.5. The number of carbonyl (C=O) groups excluding carboxylic acids is 1. The molecule has 4 rings (SSSR count). The molecule has 0 unspecified atom stereocenters. The van der Waals surface area contributed by atoms with Gasteiger partial charge in [-0.1, -0.05) is 42.5 Å². The lowest BCUT2D eigenvalue weighted by Crippen LogP contribution is -2.42. The maximum absolute atomic E-state index is 12.3. The van der Waals surface area contributed by atoms with Crippen molar-refractivity contribution in [3.05, 3.63) is 65.2 Å². The molecule has 2 aromatic carbocycles. The van der Waals surface area contributed by atoms with Gasteiger partial charge in [-0.3, -0.25) is 9.69 Å². The number of carbonyl (C=O) groups is 1. The molecule has 6 nitrogen and oxygen atoms in total. The molecule has 2 aromatic rings. The van der Waals surface area contributed by atoms with Gasteiger partial charge in [0.15, 0.2) is 6.61 Å². The van der Waals surface area contributed by atoms with Crippen LogP contribution in [0, 0.1) is 0 Å². The van der Waals surface area contributed by atoms with Crippen molar-refractivity contribution in [2.24, 2.45) is 0 Å². The fourth-order valence-corrected chi connectivity index (χ4v) is 4.57. The highest BCUT2D eigenvalue weighted by Gasteiger charge is 2.20. The van der Waals surface area contributed by atoms with Crippen LogP contribution < -0.4 is 15.4 Å². The van der Waals surface area contributed by atoms with Gasteiger partial charge in [0.25, 0.3) is 5.91 Å². The van der Waals surface area contributed by atoms with Crippen LogP contribution in [0.4, 0.5) is 0 Å². The van der Waals surface area contributed by atoms with Crippen LogP contribution in [0.1, 0.15) is 35.4 Å². The number of para-hydroxylation sites is 1. The molecule has 1 amide bonds. The number of nitrogens with zero attached hydrogens (tertiary/aromatic N) is 1. The summed E-state index contributed by atoms with van der Waals surface area (Å²) < 4.78 is 5.84. The van der Waals surface area contributed by atoms with Crippen LogP contribution in [-0.2, 0) is 17.8 Å². The van der Waals surface area contributed by atoms with Gasteiger partial charge in [-0.05, 0) is 48.6 Å². The van der Waals surface area contributed by atoms with E-state index in [9.17, 15) is 9.90 Å². The summed E-state index contributed by atoms with van der Waals surface area (Å²) in [5.41, 5.74) is 3.88. The second-order valence-corrected chi connectivity index (χ2v) is 8.58. The minimum Gasteiger partial charge on any atom is -0.483 e. The van der Waals surface area contributed by atoms with Crippen molar-refractivity contribution in [3.8, 4) is 5.75 Å². The fraction of sp³-hybridized carbons (Fsp3) is 0.480. The molecule has 0 saturated carbocycles.